The van der Waals surface area contributed by atoms with Gasteiger partial charge in [0, 0.05) is 44.8 Å². The van der Waals surface area contributed by atoms with Crippen LogP contribution in [0.25, 0.3) is 0 Å². The number of thioether (sulfide) groups is 1. The van der Waals surface area contributed by atoms with E-state index in [0.29, 0.717) is 43.7 Å². The lowest BCUT2D eigenvalue weighted by Crippen LogP contribution is -2.49. The van der Waals surface area contributed by atoms with Gasteiger partial charge in [-0.3, -0.25) is 4.79 Å². The summed E-state index contributed by atoms with van der Waals surface area (Å²) < 4.78 is 14.0. The molecule has 2 aliphatic rings. The molecule has 0 N–H and O–H groups in total. The molecule has 2 aromatic rings. The van der Waals surface area contributed by atoms with Crippen LogP contribution in [-0.4, -0.2) is 65.3 Å². The molecule has 160 valence electrons. The van der Waals surface area contributed by atoms with Gasteiger partial charge in [-0.15, -0.1) is 0 Å². The van der Waals surface area contributed by atoms with Gasteiger partial charge in [-0.05, 0) is 38.3 Å². The van der Waals surface area contributed by atoms with E-state index in [-0.39, 0.29) is 11.7 Å². The first kappa shape index (κ1) is 20.9. The molecule has 1 aromatic heterocycles. The molecule has 4 rings (SSSR count). The average Bonchev–Trinajstić information content (AvgIpc) is 2.78. The molecule has 8 heteroatoms. The number of halogens is 1. The third-order valence-corrected chi connectivity index (χ3v) is 6.80. The van der Waals surface area contributed by atoms with Crippen LogP contribution in [0.15, 0.2) is 41.7 Å². The molecule has 6 nitrogen and oxygen atoms in total. The maximum absolute atomic E-state index is 14.0. The molecular formula is C22H28FN5OS. The number of carbonyl (C=O) groups is 1. The summed E-state index contributed by atoms with van der Waals surface area (Å²) in [6.07, 6.45) is 5.23. The normalized spacial score (nSPS) is 19.8. The van der Waals surface area contributed by atoms with Gasteiger partial charge in [-0.2, -0.15) is 0 Å². The number of aromatic nitrogens is 2. The van der Waals surface area contributed by atoms with Crippen LogP contribution in [0.4, 0.5) is 15.9 Å². The zero-order valence-corrected chi connectivity index (χ0v) is 18.2. The van der Waals surface area contributed by atoms with Crippen molar-refractivity contribution < 1.29 is 9.18 Å². The van der Waals surface area contributed by atoms with E-state index in [2.05, 4.69) is 21.8 Å². The molecule has 2 saturated heterocycles. The van der Waals surface area contributed by atoms with E-state index in [1.807, 2.05) is 21.9 Å². The summed E-state index contributed by atoms with van der Waals surface area (Å²) in [5.74, 6) is 1.19. The highest BCUT2D eigenvalue weighted by Gasteiger charge is 2.23. The molecule has 2 fully saturated rings. The van der Waals surface area contributed by atoms with Gasteiger partial charge in [0.25, 0.3) is 0 Å². The van der Waals surface area contributed by atoms with Crippen molar-refractivity contribution in [2.75, 3.05) is 48.3 Å². The Hall–Kier alpha value is -2.35. The van der Waals surface area contributed by atoms with Crippen molar-refractivity contribution in [3.63, 3.8) is 0 Å². The summed E-state index contributed by atoms with van der Waals surface area (Å²) in [4.78, 5) is 27.7. The number of carbonyl (C=O) groups excluding carboxylic acids is 1. The van der Waals surface area contributed by atoms with Crippen LogP contribution in [0.1, 0.15) is 26.2 Å². The van der Waals surface area contributed by atoms with Crippen molar-refractivity contribution in [3.05, 3.63) is 42.5 Å². The third kappa shape index (κ3) is 4.86. The minimum Gasteiger partial charge on any atom is -0.366 e. The SMILES string of the molecule is C[C@@H]1CCCCN1c1cc(SCC(=O)N2CCN(c3ccccc3F)CC2)ncn1. The Morgan fingerprint density at radius 3 is 2.70 bits per heavy atom. The summed E-state index contributed by atoms with van der Waals surface area (Å²) in [6, 6.07) is 9.28. The van der Waals surface area contributed by atoms with Crippen LogP contribution in [-0.2, 0) is 4.79 Å². The van der Waals surface area contributed by atoms with Gasteiger partial charge in [0.1, 0.15) is 23.0 Å². The monoisotopic (exact) mass is 429 g/mol. The lowest BCUT2D eigenvalue weighted by molar-refractivity contribution is -0.128. The van der Waals surface area contributed by atoms with Gasteiger partial charge >= 0.3 is 0 Å². The smallest absolute Gasteiger partial charge is 0.233 e. The summed E-state index contributed by atoms with van der Waals surface area (Å²) in [5.41, 5.74) is 0.611. The quantitative estimate of drug-likeness (QED) is 0.536. The van der Waals surface area contributed by atoms with Crippen LogP contribution < -0.4 is 9.80 Å². The molecule has 3 heterocycles. The van der Waals surface area contributed by atoms with E-state index in [1.165, 1.54) is 37.1 Å². The third-order valence-electron chi connectivity index (χ3n) is 5.89. The van der Waals surface area contributed by atoms with E-state index in [0.717, 1.165) is 17.4 Å². The van der Waals surface area contributed by atoms with Gasteiger partial charge < -0.3 is 14.7 Å². The number of hydrogen-bond donors (Lipinski definition) is 0. The number of piperazine rings is 1. The maximum Gasteiger partial charge on any atom is 0.233 e. The molecule has 1 amide bonds. The van der Waals surface area contributed by atoms with E-state index in [9.17, 15) is 9.18 Å². The average molecular weight is 430 g/mol. The molecule has 30 heavy (non-hydrogen) atoms. The van der Waals surface area contributed by atoms with E-state index < -0.39 is 0 Å². The Labute approximate surface area is 181 Å². The molecule has 1 aromatic carbocycles. The summed E-state index contributed by atoms with van der Waals surface area (Å²) >= 11 is 1.46. The van der Waals surface area contributed by atoms with Crippen molar-refractivity contribution in [2.24, 2.45) is 0 Å². The largest absolute Gasteiger partial charge is 0.366 e. The first-order chi connectivity index (χ1) is 14.6. The summed E-state index contributed by atoms with van der Waals surface area (Å²) in [6.45, 7) is 5.75. The summed E-state index contributed by atoms with van der Waals surface area (Å²) in [5, 5.41) is 0.830. The van der Waals surface area contributed by atoms with Crippen molar-refractivity contribution in [1.82, 2.24) is 14.9 Å². The zero-order valence-electron chi connectivity index (χ0n) is 17.3. The highest BCUT2D eigenvalue weighted by Crippen LogP contribution is 2.26. The molecule has 0 saturated carbocycles. The fraction of sp³-hybridized carbons (Fsp3) is 0.500. The minimum atomic E-state index is -0.213. The fourth-order valence-electron chi connectivity index (χ4n) is 4.14. The van der Waals surface area contributed by atoms with Crippen LogP contribution in [0, 0.1) is 5.82 Å². The highest BCUT2D eigenvalue weighted by atomic mass is 32.2. The number of amides is 1. The highest BCUT2D eigenvalue weighted by molar-refractivity contribution is 7.99. The van der Waals surface area contributed by atoms with Crippen LogP contribution in [0.5, 0.6) is 0 Å². The Morgan fingerprint density at radius 2 is 1.93 bits per heavy atom. The van der Waals surface area contributed by atoms with Crippen molar-refractivity contribution >= 4 is 29.2 Å². The Bertz CT molecular complexity index is 874. The predicted octanol–water partition coefficient (Wildman–Crippen LogP) is 3.44. The van der Waals surface area contributed by atoms with E-state index >= 15 is 0 Å². The number of nitrogens with zero attached hydrogens (tertiary/aromatic N) is 5. The Kier molecular flexibility index (Phi) is 6.72. The Morgan fingerprint density at radius 1 is 1.13 bits per heavy atom. The van der Waals surface area contributed by atoms with Gasteiger partial charge in [0.05, 0.1) is 11.4 Å². The van der Waals surface area contributed by atoms with Crippen LogP contribution >= 0.6 is 11.8 Å². The number of para-hydroxylation sites is 1. The van der Waals surface area contributed by atoms with Gasteiger partial charge in [-0.25, -0.2) is 14.4 Å². The molecular weight excluding hydrogens is 401 g/mol. The number of rotatable bonds is 5. The number of hydrogen-bond acceptors (Lipinski definition) is 6. The topological polar surface area (TPSA) is 52.6 Å². The van der Waals surface area contributed by atoms with E-state index in [1.54, 1.807) is 18.5 Å². The second-order valence-electron chi connectivity index (χ2n) is 7.86. The molecule has 0 spiro atoms. The molecule has 2 aliphatic heterocycles. The first-order valence-electron chi connectivity index (χ1n) is 10.6. The van der Waals surface area contributed by atoms with Crippen molar-refractivity contribution in [2.45, 2.75) is 37.3 Å². The van der Waals surface area contributed by atoms with Gasteiger partial charge in [-0.1, -0.05) is 23.9 Å². The van der Waals surface area contributed by atoms with Crippen molar-refractivity contribution in [3.8, 4) is 0 Å². The molecule has 0 unspecified atom stereocenters. The number of anilines is 2. The summed E-state index contributed by atoms with van der Waals surface area (Å²) in [7, 11) is 0. The second kappa shape index (κ2) is 9.64. The number of piperidine rings is 1. The van der Waals surface area contributed by atoms with Gasteiger partial charge in [0.15, 0.2) is 0 Å². The fourth-order valence-corrected chi connectivity index (χ4v) is 4.90. The lowest BCUT2D eigenvalue weighted by Gasteiger charge is -2.36. The zero-order chi connectivity index (χ0) is 20.9. The van der Waals surface area contributed by atoms with Gasteiger partial charge in [0.2, 0.25) is 5.91 Å². The van der Waals surface area contributed by atoms with Crippen molar-refractivity contribution in [1.29, 1.82) is 0 Å². The number of benzene rings is 1. The van der Waals surface area contributed by atoms with Crippen LogP contribution in [0.3, 0.4) is 0 Å². The second-order valence-corrected chi connectivity index (χ2v) is 8.86. The molecule has 0 bridgehead atoms. The van der Waals surface area contributed by atoms with Crippen LogP contribution in [0.2, 0.25) is 0 Å². The predicted molar refractivity (Wildman–Crippen MR) is 119 cm³/mol. The Balaban J connectivity index is 1.29. The first-order valence-corrected chi connectivity index (χ1v) is 11.6. The maximum atomic E-state index is 14.0. The minimum absolute atomic E-state index is 0.0969. The molecule has 1 atom stereocenters. The molecule has 0 radical (unpaired) electrons. The lowest BCUT2D eigenvalue weighted by atomic mass is 10.0. The molecule has 0 aliphatic carbocycles. The van der Waals surface area contributed by atoms with E-state index in [4.69, 9.17) is 0 Å². The standard InChI is InChI=1S/C22H28FN5OS/c1-17-6-4-5-9-28(17)20-14-21(25-16-24-20)30-15-22(29)27-12-10-26(11-13-27)19-8-3-2-7-18(19)23/h2-3,7-8,14,16-17H,4-6,9-13,15H2,1H3/t17-/m1/s1.